The quantitative estimate of drug-likeness (QED) is 0.828. The molecule has 5 heteroatoms. The van der Waals surface area contributed by atoms with Crippen molar-refractivity contribution in [3.63, 3.8) is 0 Å². The van der Waals surface area contributed by atoms with Gasteiger partial charge in [-0.3, -0.25) is 0 Å². The fraction of sp³-hybridized carbons (Fsp3) is 0.429. The number of hydrogen-bond acceptors (Lipinski definition) is 3. The molecule has 0 aliphatic heterocycles. The van der Waals surface area contributed by atoms with Gasteiger partial charge in [0.1, 0.15) is 0 Å². The Bertz CT molecular complexity index is 610. The lowest BCUT2D eigenvalue weighted by atomic mass is 9.71. The van der Waals surface area contributed by atoms with Crippen molar-refractivity contribution < 1.29 is 8.42 Å². The van der Waals surface area contributed by atoms with Crippen LogP contribution in [0.25, 0.3) is 0 Å². The molecule has 1 saturated carbocycles. The van der Waals surface area contributed by atoms with E-state index in [-0.39, 0.29) is 0 Å². The van der Waals surface area contributed by atoms with Crippen LogP contribution in [-0.2, 0) is 10.0 Å². The molecule has 2 aliphatic carbocycles. The van der Waals surface area contributed by atoms with E-state index in [1.54, 1.807) is 18.2 Å². The molecule has 0 radical (unpaired) electrons. The SMILES string of the molecule is CNS(=O)(=O)c1cccc(NC2CC3CC=CC32)c1. The largest absolute Gasteiger partial charge is 0.382 e. The van der Waals surface area contributed by atoms with Crippen LogP contribution in [0.2, 0.25) is 0 Å². The molecule has 102 valence electrons. The first-order chi connectivity index (χ1) is 9.10. The number of rotatable bonds is 4. The van der Waals surface area contributed by atoms with Crippen LogP contribution >= 0.6 is 0 Å². The second-order valence-corrected chi connectivity index (χ2v) is 7.11. The molecule has 3 unspecified atom stereocenters. The van der Waals surface area contributed by atoms with Crippen LogP contribution in [0.5, 0.6) is 0 Å². The first-order valence-corrected chi connectivity index (χ1v) is 8.05. The molecule has 0 spiro atoms. The summed E-state index contributed by atoms with van der Waals surface area (Å²) in [5.74, 6) is 1.41. The normalized spacial score (nSPS) is 28.8. The van der Waals surface area contributed by atoms with E-state index in [2.05, 4.69) is 22.2 Å². The third-order valence-electron chi connectivity index (χ3n) is 4.13. The van der Waals surface area contributed by atoms with E-state index in [1.165, 1.54) is 19.9 Å². The summed E-state index contributed by atoms with van der Waals surface area (Å²) >= 11 is 0. The van der Waals surface area contributed by atoms with E-state index < -0.39 is 10.0 Å². The first kappa shape index (κ1) is 12.7. The highest BCUT2D eigenvalue weighted by Crippen LogP contribution is 2.44. The zero-order valence-electron chi connectivity index (χ0n) is 10.8. The molecule has 0 saturated heterocycles. The van der Waals surface area contributed by atoms with Crippen LogP contribution < -0.4 is 10.0 Å². The van der Waals surface area contributed by atoms with Crippen LogP contribution in [0.15, 0.2) is 41.3 Å². The predicted octanol–water partition coefficient (Wildman–Crippen LogP) is 1.97. The van der Waals surface area contributed by atoms with Crippen molar-refractivity contribution in [3.05, 3.63) is 36.4 Å². The highest BCUT2D eigenvalue weighted by Gasteiger charge is 2.40. The molecule has 2 N–H and O–H groups in total. The van der Waals surface area contributed by atoms with Crippen molar-refractivity contribution in [2.45, 2.75) is 23.8 Å². The predicted molar refractivity (Wildman–Crippen MR) is 75.5 cm³/mol. The maximum atomic E-state index is 11.8. The number of fused-ring (bicyclic) bond motifs is 1. The number of anilines is 1. The fourth-order valence-electron chi connectivity index (χ4n) is 2.97. The second-order valence-electron chi connectivity index (χ2n) is 5.22. The van der Waals surface area contributed by atoms with Gasteiger partial charge >= 0.3 is 0 Å². The maximum Gasteiger partial charge on any atom is 0.240 e. The maximum absolute atomic E-state index is 11.8. The van der Waals surface area contributed by atoms with Gasteiger partial charge in [-0.1, -0.05) is 18.2 Å². The summed E-state index contributed by atoms with van der Waals surface area (Å²) in [6.45, 7) is 0. The Morgan fingerprint density at radius 1 is 1.32 bits per heavy atom. The minimum Gasteiger partial charge on any atom is -0.382 e. The molecule has 0 aromatic heterocycles. The summed E-state index contributed by atoms with van der Waals surface area (Å²) in [6, 6.07) is 7.43. The van der Waals surface area contributed by atoms with E-state index in [9.17, 15) is 8.42 Å². The zero-order chi connectivity index (χ0) is 13.5. The van der Waals surface area contributed by atoms with Crippen molar-refractivity contribution in [2.24, 2.45) is 11.8 Å². The lowest BCUT2D eigenvalue weighted by molar-refractivity contribution is 0.218. The minimum atomic E-state index is -3.37. The number of allylic oxidation sites excluding steroid dienone is 1. The van der Waals surface area contributed by atoms with Crippen LogP contribution in [0.4, 0.5) is 5.69 Å². The highest BCUT2D eigenvalue weighted by molar-refractivity contribution is 7.89. The summed E-state index contributed by atoms with van der Waals surface area (Å²) in [5.41, 5.74) is 0.875. The van der Waals surface area contributed by atoms with E-state index >= 15 is 0 Å². The van der Waals surface area contributed by atoms with Gasteiger partial charge in [0, 0.05) is 17.6 Å². The van der Waals surface area contributed by atoms with Gasteiger partial charge in [0.25, 0.3) is 0 Å². The first-order valence-electron chi connectivity index (χ1n) is 6.57. The van der Waals surface area contributed by atoms with Crippen LogP contribution in [0.1, 0.15) is 12.8 Å². The molecule has 3 rings (SSSR count). The van der Waals surface area contributed by atoms with E-state index in [0.717, 1.165) is 11.6 Å². The van der Waals surface area contributed by atoms with Gasteiger partial charge in [-0.15, -0.1) is 0 Å². The van der Waals surface area contributed by atoms with Crippen LogP contribution in [0, 0.1) is 11.8 Å². The third kappa shape index (κ3) is 2.28. The Morgan fingerprint density at radius 2 is 2.16 bits per heavy atom. The summed E-state index contributed by atoms with van der Waals surface area (Å²) in [7, 11) is -1.94. The standard InChI is InChI=1S/C14H18N2O2S/c1-15-19(17,18)12-6-3-5-11(9-12)16-14-8-10-4-2-7-13(10)14/h2-3,5-7,9-10,13-16H,4,8H2,1H3. The minimum absolute atomic E-state index is 0.304. The van der Waals surface area contributed by atoms with E-state index in [4.69, 9.17) is 0 Å². The van der Waals surface area contributed by atoms with Crippen LogP contribution in [-0.4, -0.2) is 21.5 Å². The Balaban J connectivity index is 1.75. The van der Waals surface area contributed by atoms with Gasteiger partial charge in [0.05, 0.1) is 4.90 Å². The van der Waals surface area contributed by atoms with E-state index in [1.807, 2.05) is 6.07 Å². The molecular formula is C14H18N2O2S. The van der Waals surface area contributed by atoms with Crippen molar-refractivity contribution in [2.75, 3.05) is 12.4 Å². The zero-order valence-corrected chi connectivity index (χ0v) is 11.7. The van der Waals surface area contributed by atoms with Crippen molar-refractivity contribution in [3.8, 4) is 0 Å². The second kappa shape index (κ2) is 4.65. The molecular weight excluding hydrogens is 260 g/mol. The van der Waals surface area contributed by atoms with Gasteiger partial charge in [-0.05, 0) is 44.0 Å². The molecule has 0 heterocycles. The number of nitrogens with one attached hydrogen (secondary N) is 2. The monoisotopic (exact) mass is 278 g/mol. The van der Waals surface area contributed by atoms with Gasteiger partial charge in [-0.25, -0.2) is 13.1 Å². The van der Waals surface area contributed by atoms with Crippen molar-refractivity contribution in [1.29, 1.82) is 0 Å². The van der Waals surface area contributed by atoms with Gasteiger partial charge in [0.15, 0.2) is 0 Å². The lowest BCUT2D eigenvalue weighted by Crippen LogP contribution is -2.43. The van der Waals surface area contributed by atoms with Crippen molar-refractivity contribution in [1.82, 2.24) is 4.72 Å². The van der Waals surface area contributed by atoms with E-state index in [0.29, 0.717) is 16.9 Å². The average molecular weight is 278 g/mol. The molecule has 4 nitrogen and oxygen atoms in total. The van der Waals surface area contributed by atoms with Gasteiger partial charge < -0.3 is 5.32 Å². The molecule has 19 heavy (non-hydrogen) atoms. The number of benzene rings is 1. The summed E-state index contributed by atoms with van der Waals surface area (Å²) in [6.07, 6.45) is 6.89. The summed E-state index contributed by atoms with van der Waals surface area (Å²) in [5, 5.41) is 3.44. The summed E-state index contributed by atoms with van der Waals surface area (Å²) < 4.78 is 25.8. The Labute approximate surface area is 114 Å². The smallest absolute Gasteiger partial charge is 0.240 e. The highest BCUT2D eigenvalue weighted by atomic mass is 32.2. The number of sulfonamides is 1. The Hall–Kier alpha value is -1.33. The number of hydrogen-bond donors (Lipinski definition) is 2. The summed E-state index contributed by atoms with van der Waals surface area (Å²) in [4.78, 5) is 0.304. The molecule has 2 aliphatic rings. The topological polar surface area (TPSA) is 58.2 Å². The van der Waals surface area contributed by atoms with Gasteiger partial charge in [0.2, 0.25) is 10.0 Å². The Kier molecular flexibility index (Phi) is 3.11. The molecule has 1 aromatic rings. The average Bonchev–Trinajstić information content (AvgIpc) is 2.78. The fourth-order valence-corrected chi connectivity index (χ4v) is 3.74. The van der Waals surface area contributed by atoms with Crippen molar-refractivity contribution >= 4 is 15.7 Å². The lowest BCUT2D eigenvalue weighted by Gasteiger charge is -2.41. The molecule has 0 bridgehead atoms. The molecule has 0 amide bonds. The third-order valence-corrected chi connectivity index (χ3v) is 5.54. The molecule has 1 aromatic carbocycles. The Morgan fingerprint density at radius 3 is 2.89 bits per heavy atom. The van der Waals surface area contributed by atoms with Gasteiger partial charge in [-0.2, -0.15) is 0 Å². The molecule has 1 fully saturated rings. The molecule has 3 atom stereocenters. The van der Waals surface area contributed by atoms with Crippen LogP contribution in [0.3, 0.4) is 0 Å².